The van der Waals surface area contributed by atoms with Crippen molar-refractivity contribution in [2.75, 3.05) is 13.2 Å². The van der Waals surface area contributed by atoms with E-state index in [1.165, 1.54) is 0 Å². The van der Waals surface area contributed by atoms with Gasteiger partial charge in [0.2, 0.25) is 5.75 Å². The van der Waals surface area contributed by atoms with Crippen LogP contribution in [0.3, 0.4) is 0 Å². The molecule has 0 saturated carbocycles. The maximum absolute atomic E-state index is 13.5. The normalized spacial score (nSPS) is 9.94. The summed E-state index contributed by atoms with van der Waals surface area (Å²) in [5.41, 5.74) is -0.564. The number of hydrogen-bond donors (Lipinski definition) is 0. The second kappa shape index (κ2) is 6.29. The highest BCUT2D eigenvalue weighted by Gasteiger charge is 2.22. The Morgan fingerprint density at radius 3 is 2.78 bits per heavy atom. The van der Waals surface area contributed by atoms with Gasteiger partial charge in [0, 0.05) is 10.5 Å². The maximum Gasteiger partial charge on any atom is 0.344 e. The molecule has 1 aromatic carbocycles. The molecule has 1 aromatic rings. The van der Waals surface area contributed by atoms with E-state index in [9.17, 15) is 19.3 Å². The predicted octanol–water partition coefficient (Wildman–Crippen LogP) is 2.44. The molecule has 1 rings (SSSR count). The number of carbonyl (C=O) groups is 1. The van der Waals surface area contributed by atoms with E-state index in [1.54, 1.807) is 6.92 Å². The van der Waals surface area contributed by atoms with Crippen LogP contribution in [0, 0.1) is 15.9 Å². The fourth-order valence-electron chi connectivity index (χ4n) is 1.16. The standard InChI is InChI=1S/C10H9BrFNO5/c1-2-17-9(14)5-18-10-7(12)3-6(11)4-8(10)13(15)16/h3-4H,2,5H2,1H3. The lowest BCUT2D eigenvalue weighted by Crippen LogP contribution is -2.15. The molecule has 0 heterocycles. The van der Waals surface area contributed by atoms with Crippen LogP contribution in [0.15, 0.2) is 16.6 Å². The van der Waals surface area contributed by atoms with Crippen LogP contribution in [0.25, 0.3) is 0 Å². The van der Waals surface area contributed by atoms with Gasteiger partial charge in [-0.1, -0.05) is 15.9 Å². The number of benzene rings is 1. The van der Waals surface area contributed by atoms with E-state index in [0.29, 0.717) is 0 Å². The summed E-state index contributed by atoms with van der Waals surface area (Å²) in [7, 11) is 0. The van der Waals surface area contributed by atoms with Gasteiger partial charge in [0.05, 0.1) is 11.5 Å². The molecule has 0 fully saturated rings. The van der Waals surface area contributed by atoms with Gasteiger partial charge in [-0.3, -0.25) is 10.1 Å². The van der Waals surface area contributed by atoms with Gasteiger partial charge in [0.25, 0.3) is 0 Å². The number of esters is 1. The smallest absolute Gasteiger partial charge is 0.344 e. The minimum absolute atomic E-state index is 0.146. The van der Waals surface area contributed by atoms with Crippen LogP contribution < -0.4 is 4.74 Å². The fourth-order valence-corrected chi connectivity index (χ4v) is 1.58. The number of nitro groups is 1. The molecular formula is C10H9BrFNO5. The van der Waals surface area contributed by atoms with E-state index >= 15 is 0 Å². The molecule has 0 aromatic heterocycles. The van der Waals surface area contributed by atoms with Gasteiger partial charge in [0.1, 0.15) is 0 Å². The second-order valence-corrected chi connectivity index (χ2v) is 4.00. The molecular weight excluding hydrogens is 313 g/mol. The monoisotopic (exact) mass is 321 g/mol. The van der Waals surface area contributed by atoms with Crippen LogP contribution in [0.5, 0.6) is 5.75 Å². The number of carbonyl (C=O) groups excluding carboxylic acids is 1. The summed E-state index contributed by atoms with van der Waals surface area (Å²) in [5.74, 6) is -2.24. The minimum Gasteiger partial charge on any atom is -0.473 e. The molecule has 0 aliphatic heterocycles. The van der Waals surface area contributed by atoms with Crippen LogP contribution in [0.2, 0.25) is 0 Å². The van der Waals surface area contributed by atoms with Crippen LogP contribution in [0.1, 0.15) is 6.92 Å². The van der Waals surface area contributed by atoms with Crippen molar-refractivity contribution in [3.63, 3.8) is 0 Å². The van der Waals surface area contributed by atoms with E-state index in [1.807, 2.05) is 0 Å². The predicted molar refractivity (Wildman–Crippen MR) is 62.9 cm³/mol. The summed E-state index contributed by atoms with van der Waals surface area (Å²) < 4.78 is 23.0. The Labute approximate surface area is 110 Å². The van der Waals surface area contributed by atoms with Crippen LogP contribution in [0.4, 0.5) is 10.1 Å². The molecule has 0 spiro atoms. The molecule has 0 unspecified atom stereocenters. The third kappa shape index (κ3) is 3.66. The van der Waals surface area contributed by atoms with Gasteiger partial charge in [-0.25, -0.2) is 9.18 Å². The van der Waals surface area contributed by atoms with E-state index in [4.69, 9.17) is 4.74 Å². The Kier molecular flexibility index (Phi) is 5.02. The zero-order valence-corrected chi connectivity index (χ0v) is 10.9. The Balaban J connectivity index is 2.93. The van der Waals surface area contributed by atoms with Crippen molar-refractivity contribution in [2.45, 2.75) is 6.92 Å². The quantitative estimate of drug-likeness (QED) is 0.473. The lowest BCUT2D eigenvalue weighted by molar-refractivity contribution is -0.386. The van der Waals surface area contributed by atoms with Crippen molar-refractivity contribution >= 4 is 27.6 Å². The number of nitro benzene ring substituents is 1. The second-order valence-electron chi connectivity index (χ2n) is 3.09. The SMILES string of the molecule is CCOC(=O)COc1c(F)cc(Br)cc1[N+](=O)[O-]. The lowest BCUT2D eigenvalue weighted by atomic mass is 10.3. The van der Waals surface area contributed by atoms with Crippen LogP contribution in [-0.2, 0) is 9.53 Å². The first-order chi connectivity index (χ1) is 8.45. The topological polar surface area (TPSA) is 78.7 Å². The molecule has 8 heteroatoms. The average Bonchev–Trinajstić information content (AvgIpc) is 2.27. The molecule has 0 amide bonds. The first kappa shape index (κ1) is 14.4. The van der Waals surface area contributed by atoms with Crippen molar-refractivity contribution in [3.05, 3.63) is 32.5 Å². The van der Waals surface area contributed by atoms with E-state index in [2.05, 4.69) is 20.7 Å². The summed E-state index contributed by atoms with van der Waals surface area (Å²) in [5, 5.41) is 10.7. The van der Waals surface area contributed by atoms with E-state index < -0.39 is 34.8 Å². The third-order valence-corrected chi connectivity index (χ3v) is 2.28. The Morgan fingerprint density at radius 1 is 1.56 bits per heavy atom. The van der Waals surface area contributed by atoms with Crippen LogP contribution in [-0.4, -0.2) is 24.1 Å². The van der Waals surface area contributed by atoms with Gasteiger partial charge >= 0.3 is 11.7 Å². The molecule has 0 aliphatic rings. The largest absolute Gasteiger partial charge is 0.473 e. The third-order valence-electron chi connectivity index (χ3n) is 1.83. The van der Waals surface area contributed by atoms with Gasteiger partial charge in [-0.15, -0.1) is 0 Å². The zero-order chi connectivity index (χ0) is 13.7. The van der Waals surface area contributed by atoms with E-state index in [-0.39, 0.29) is 11.1 Å². The Bertz CT molecular complexity index is 480. The molecule has 0 radical (unpaired) electrons. The molecule has 98 valence electrons. The number of rotatable bonds is 5. The van der Waals surface area contributed by atoms with Crippen molar-refractivity contribution in [2.24, 2.45) is 0 Å². The summed E-state index contributed by atoms with van der Waals surface area (Å²) in [4.78, 5) is 20.9. The molecule has 0 saturated heterocycles. The molecule has 0 atom stereocenters. The first-order valence-corrected chi connectivity index (χ1v) is 5.66. The summed E-state index contributed by atoms with van der Waals surface area (Å²) in [6.07, 6.45) is 0. The van der Waals surface area contributed by atoms with E-state index in [0.717, 1.165) is 12.1 Å². The van der Waals surface area contributed by atoms with Gasteiger partial charge in [-0.2, -0.15) is 0 Å². The molecule has 0 N–H and O–H groups in total. The van der Waals surface area contributed by atoms with Crippen LogP contribution >= 0.6 is 15.9 Å². The van der Waals surface area contributed by atoms with Crippen molar-refractivity contribution in [1.82, 2.24) is 0 Å². The highest BCUT2D eigenvalue weighted by Crippen LogP contribution is 2.33. The summed E-state index contributed by atoms with van der Waals surface area (Å²) in [6.45, 7) is 1.15. The molecule has 0 bridgehead atoms. The van der Waals surface area contributed by atoms with Gasteiger partial charge < -0.3 is 9.47 Å². The average molecular weight is 322 g/mol. The number of hydrogen-bond acceptors (Lipinski definition) is 5. The number of nitrogens with zero attached hydrogens (tertiary/aromatic N) is 1. The Hall–Kier alpha value is -1.70. The fraction of sp³-hybridized carbons (Fsp3) is 0.300. The first-order valence-electron chi connectivity index (χ1n) is 4.87. The van der Waals surface area contributed by atoms with Gasteiger partial charge in [0.15, 0.2) is 12.4 Å². The molecule has 0 aliphatic carbocycles. The highest BCUT2D eigenvalue weighted by molar-refractivity contribution is 9.10. The summed E-state index contributed by atoms with van der Waals surface area (Å²) in [6, 6.07) is 2.09. The minimum atomic E-state index is -0.930. The zero-order valence-electron chi connectivity index (χ0n) is 9.31. The molecule has 6 nitrogen and oxygen atoms in total. The summed E-state index contributed by atoms with van der Waals surface area (Å²) >= 11 is 2.93. The van der Waals surface area contributed by atoms with Crippen molar-refractivity contribution in [3.8, 4) is 5.75 Å². The maximum atomic E-state index is 13.5. The van der Waals surface area contributed by atoms with Crippen molar-refractivity contribution in [1.29, 1.82) is 0 Å². The number of ether oxygens (including phenoxy) is 2. The number of halogens is 2. The Morgan fingerprint density at radius 2 is 2.22 bits per heavy atom. The van der Waals surface area contributed by atoms with Gasteiger partial charge in [-0.05, 0) is 13.0 Å². The highest BCUT2D eigenvalue weighted by atomic mass is 79.9. The lowest BCUT2D eigenvalue weighted by Gasteiger charge is -2.07. The van der Waals surface area contributed by atoms with Crippen molar-refractivity contribution < 1.29 is 23.6 Å². The molecule has 18 heavy (non-hydrogen) atoms.